The van der Waals surface area contributed by atoms with Crippen molar-refractivity contribution in [3.05, 3.63) is 58.1 Å². The van der Waals surface area contributed by atoms with Crippen LogP contribution < -0.4 is 0 Å². The molecule has 22 heavy (non-hydrogen) atoms. The molecule has 0 spiro atoms. The average Bonchev–Trinajstić information content (AvgIpc) is 2.97. The Kier molecular flexibility index (Phi) is 3.30. The number of ether oxygens (including phenoxy) is 1. The standard InChI is InChI=1S/C15H10N2O5/c1-21-15(18)10-6-4-8-12-13(10)16-14(22-12)9-5-2-3-7-11(9)17(19)20/h2-8H,1H3. The number of hydrogen-bond donors (Lipinski definition) is 0. The van der Waals surface area contributed by atoms with Crippen molar-refractivity contribution in [3.63, 3.8) is 0 Å². The maximum atomic E-state index is 11.7. The van der Waals surface area contributed by atoms with Gasteiger partial charge in [0.2, 0.25) is 5.89 Å². The number of aromatic nitrogens is 1. The van der Waals surface area contributed by atoms with E-state index in [9.17, 15) is 14.9 Å². The highest BCUT2D eigenvalue weighted by Gasteiger charge is 2.21. The first-order valence-corrected chi connectivity index (χ1v) is 6.33. The van der Waals surface area contributed by atoms with Gasteiger partial charge in [0.15, 0.2) is 5.58 Å². The van der Waals surface area contributed by atoms with Gasteiger partial charge < -0.3 is 9.15 Å². The van der Waals surface area contributed by atoms with E-state index in [-0.39, 0.29) is 22.7 Å². The van der Waals surface area contributed by atoms with Crippen LogP contribution in [0.15, 0.2) is 46.9 Å². The van der Waals surface area contributed by atoms with E-state index in [2.05, 4.69) is 4.98 Å². The van der Waals surface area contributed by atoms with Crippen LogP contribution in [0.3, 0.4) is 0 Å². The molecule has 0 radical (unpaired) electrons. The summed E-state index contributed by atoms with van der Waals surface area (Å²) in [5.41, 5.74) is 1.04. The zero-order valence-electron chi connectivity index (χ0n) is 11.5. The summed E-state index contributed by atoms with van der Waals surface area (Å²) in [6.07, 6.45) is 0. The molecule has 0 aliphatic rings. The van der Waals surface area contributed by atoms with Gasteiger partial charge in [-0.05, 0) is 18.2 Å². The topological polar surface area (TPSA) is 95.5 Å². The minimum Gasteiger partial charge on any atom is -0.465 e. The molecule has 7 nitrogen and oxygen atoms in total. The van der Waals surface area contributed by atoms with Gasteiger partial charge in [0, 0.05) is 6.07 Å². The van der Waals surface area contributed by atoms with Gasteiger partial charge in [0.05, 0.1) is 17.6 Å². The number of carbonyl (C=O) groups is 1. The lowest BCUT2D eigenvalue weighted by atomic mass is 10.2. The Morgan fingerprint density at radius 3 is 2.73 bits per heavy atom. The Bertz CT molecular complexity index is 885. The largest absolute Gasteiger partial charge is 0.465 e. The van der Waals surface area contributed by atoms with Crippen molar-refractivity contribution in [2.24, 2.45) is 0 Å². The van der Waals surface area contributed by atoms with Gasteiger partial charge in [0.1, 0.15) is 11.1 Å². The smallest absolute Gasteiger partial charge is 0.340 e. The highest BCUT2D eigenvalue weighted by atomic mass is 16.6. The molecule has 0 atom stereocenters. The highest BCUT2D eigenvalue weighted by molar-refractivity contribution is 6.01. The molecule has 0 unspecified atom stereocenters. The fraction of sp³-hybridized carbons (Fsp3) is 0.0667. The minimum atomic E-state index is -0.548. The number of nitro groups is 1. The Balaban J connectivity index is 2.22. The van der Waals surface area contributed by atoms with E-state index in [0.717, 1.165) is 0 Å². The predicted octanol–water partition coefficient (Wildman–Crippen LogP) is 3.19. The Labute approximate surface area is 124 Å². The van der Waals surface area contributed by atoms with E-state index in [1.54, 1.807) is 36.4 Å². The molecule has 1 heterocycles. The number of hydrogen-bond acceptors (Lipinski definition) is 6. The lowest BCUT2D eigenvalue weighted by Crippen LogP contribution is -2.01. The molecular weight excluding hydrogens is 288 g/mol. The highest BCUT2D eigenvalue weighted by Crippen LogP contribution is 2.32. The Morgan fingerprint density at radius 1 is 1.23 bits per heavy atom. The van der Waals surface area contributed by atoms with Gasteiger partial charge in [-0.3, -0.25) is 10.1 Å². The van der Waals surface area contributed by atoms with E-state index in [1.165, 1.54) is 13.2 Å². The molecule has 0 fully saturated rings. The van der Waals surface area contributed by atoms with Gasteiger partial charge in [-0.2, -0.15) is 0 Å². The number of benzene rings is 2. The maximum absolute atomic E-state index is 11.7. The van der Waals surface area contributed by atoms with Crippen molar-refractivity contribution in [2.75, 3.05) is 7.11 Å². The number of para-hydroxylation sites is 2. The van der Waals surface area contributed by atoms with E-state index < -0.39 is 10.9 Å². The molecule has 1 aromatic heterocycles. The summed E-state index contributed by atoms with van der Waals surface area (Å²) < 4.78 is 10.2. The normalized spacial score (nSPS) is 10.6. The molecule has 0 amide bonds. The second-order valence-electron chi connectivity index (χ2n) is 4.44. The van der Waals surface area contributed by atoms with Crippen molar-refractivity contribution in [2.45, 2.75) is 0 Å². The third-order valence-corrected chi connectivity index (χ3v) is 3.16. The van der Waals surface area contributed by atoms with Crippen LogP contribution in [0.1, 0.15) is 10.4 Å². The Morgan fingerprint density at radius 2 is 2.00 bits per heavy atom. The number of oxazole rings is 1. The molecule has 0 aliphatic carbocycles. The molecule has 0 saturated heterocycles. The summed E-state index contributed by atoms with van der Waals surface area (Å²) >= 11 is 0. The number of rotatable bonds is 3. The van der Waals surface area contributed by atoms with Gasteiger partial charge in [0.25, 0.3) is 5.69 Å². The molecule has 0 bridgehead atoms. The number of carbonyl (C=O) groups excluding carboxylic acids is 1. The third kappa shape index (κ3) is 2.18. The first-order chi connectivity index (χ1) is 10.6. The molecular formula is C15H10N2O5. The number of esters is 1. The van der Waals surface area contributed by atoms with Crippen LogP contribution in [0.5, 0.6) is 0 Å². The monoisotopic (exact) mass is 298 g/mol. The van der Waals surface area contributed by atoms with Crippen LogP contribution in [0.4, 0.5) is 5.69 Å². The number of methoxy groups -OCH3 is 1. The molecule has 7 heteroatoms. The quantitative estimate of drug-likeness (QED) is 0.418. The molecule has 2 aromatic carbocycles. The second-order valence-corrected chi connectivity index (χ2v) is 4.44. The molecule has 3 rings (SSSR count). The first-order valence-electron chi connectivity index (χ1n) is 6.33. The summed E-state index contributed by atoms with van der Waals surface area (Å²) in [5.74, 6) is -0.466. The van der Waals surface area contributed by atoms with Crippen LogP contribution >= 0.6 is 0 Å². The van der Waals surface area contributed by atoms with Crippen LogP contribution in [0.2, 0.25) is 0 Å². The zero-order chi connectivity index (χ0) is 15.7. The molecule has 3 aromatic rings. The third-order valence-electron chi connectivity index (χ3n) is 3.16. The predicted molar refractivity (Wildman–Crippen MR) is 77.4 cm³/mol. The van der Waals surface area contributed by atoms with Crippen molar-refractivity contribution in [1.29, 1.82) is 0 Å². The maximum Gasteiger partial charge on any atom is 0.340 e. The molecule has 110 valence electrons. The number of nitro benzene ring substituents is 1. The van der Waals surface area contributed by atoms with Crippen LogP contribution in [-0.4, -0.2) is 23.0 Å². The van der Waals surface area contributed by atoms with Crippen LogP contribution in [-0.2, 0) is 4.74 Å². The van der Waals surface area contributed by atoms with Gasteiger partial charge in [-0.15, -0.1) is 0 Å². The number of fused-ring (bicyclic) bond motifs is 1. The van der Waals surface area contributed by atoms with Crippen molar-refractivity contribution >= 4 is 22.8 Å². The van der Waals surface area contributed by atoms with Crippen LogP contribution in [0, 0.1) is 10.1 Å². The van der Waals surface area contributed by atoms with Crippen LogP contribution in [0.25, 0.3) is 22.6 Å². The van der Waals surface area contributed by atoms with E-state index >= 15 is 0 Å². The summed E-state index contributed by atoms with van der Waals surface area (Å²) in [6.45, 7) is 0. The van der Waals surface area contributed by atoms with E-state index in [1.807, 2.05) is 0 Å². The lowest BCUT2D eigenvalue weighted by molar-refractivity contribution is -0.384. The molecule has 0 N–H and O–H groups in total. The van der Waals surface area contributed by atoms with Crippen molar-refractivity contribution in [1.82, 2.24) is 4.98 Å². The van der Waals surface area contributed by atoms with Crippen molar-refractivity contribution in [3.8, 4) is 11.5 Å². The lowest BCUT2D eigenvalue weighted by Gasteiger charge is -1.97. The summed E-state index contributed by atoms with van der Waals surface area (Å²) in [4.78, 5) is 26.5. The molecule has 0 aliphatic heterocycles. The summed E-state index contributed by atoms with van der Waals surface area (Å²) in [7, 11) is 1.27. The van der Waals surface area contributed by atoms with E-state index in [4.69, 9.17) is 9.15 Å². The van der Waals surface area contributed by atoms with Gasteiger partial charge in [-0.1, -0.05) is 18.2 Å². The average molecular weight is 298 g/mol. The van der Waals surface area contributed by atoms with E-state index in [0.29, 0.717) is 11.1 Å². The number of nitrogens with zero attached hydrogens (tertiary/aromatic N) is 2. The second kappa shape index (κ2) is 5.28. The van der Waals surface area contributed by atoms with Gasteiger partial charge in [-0.25, -0.2) is 9.78 Å². The van der Waals surface area contributed by atoms with Gasteiger partial charge >= 0.3 is 5.97 Å². The zero-order valence-corrected chi connectivity index (χ0v) is 11.5. The summed E-state index contributed by atoms with van der Waals surface area (Å²) in [5, 5.41) is 11.1. The summed E-state index contributed by atoms with van der Waals surface area (Å²) in [6, 6.07) is 10.9. The first kappa shape index (κ1) is 13.7. The Hall–Kier alpha value is -3.22. The minimum absolute atomic E-state index is 0.0821. The molecule has 0 saturated carbocycles. The SMILES string of the molecule is COC(=O)c1cccc2oc(-c3ccccc3[N+](=O)[O-])nc12. The fourth-order valence-electron chi connectivity index (χ4n) is 2.15. The van der Waals surface area contributed by atoms with Crippen molar-refractivity contribution < 1.29 is 18.9 Å². The fourth-order valence-corrected chi connectivity index (χ4v) is 2.15.